The van der Waals surface area contributed by atoms with Crippen LogP contribution in [-0.2, 0) is 6.42 Å². The van der Waals surface area contributed by atoms with E-state index in [2.05, 4.69) is 35.2 Å². The van der Waals surface area contributed by atoms with Gasteiger partial charge in [-0.05, 0) is 61.7 Å². The second-order valence-corrected chi connectivity index (χ2v) is 7.27. The van der Waals surface area contributed by atoms with Crippen molar-refractivity contribution in [3.8, 4) is 0 Å². The van der Waals surface area contributed by atoms with E-state index in [-0.39, 0.29) is 6.10 Å². The molecule has 1 saturated heterocycles. The number of hydrogen-bond acceptors (Lipinski definition) is 3. The fourth-order valence-electron chi connectivity index (χ4n) is 3.29. The van der Waals surface area contributed by atoms with Gasteiger partial charge in [0.05, 0.1) is 6.10 Å². The smallest absolute Gasteiger partial charge is 0.0894 e. The summed E-state index contributed by atoms with van der Waals surface area (Å²) in [6.45, 7) is 3.36. The molecular weight excluding hydrogens is 290 g/mol. The van der Waals surface area contributed by atoms with Gasteiger partial charge in [0.1, 0.15) is 0 Å². The van der Waals surface area contributed by atoms with Crippen LogP contribution < -0.4 is 0 Å². The van der Waals surface area contributed by atoms with Gasteiger partial charge >= 0.3 is 0 Å². The summed E-state index contributed by atoms with van der Waals surface area (Å²) in [7, 11) is 0. The normalized spacial score (nSPS) is 18.4. The van der Waals surface area contributed by atoms with Crippen LogP contribution in [0, 0.1) is 5.92 Å². The summed E-state index contributed by atoms with van der Waals surface area (Å²) in [4.78, 5) is 3.61. The Balaban J connectivity index is 1.38. The predicted molar refractivity (Wildman–Crippen MR) is 93.2 cm³/mol. The van der Waals surface area contributed by atoms with Crippen LogP contribution in [0.4, 0.5) is 0 Å². The molecule has 0 saturated carbocycles. The van der Waals surface area contributed by atoms with Gasteiger partial charge in [-0.3, -0.25) is 0 Å². The maximum absolute atomic E-state index is 10.2. The topological polar surface area (TPSA) is 23.5 Å². The van der Waals surface area contributed by atoms with Crippen molar-refractivity contribution in [1.29, 1.82) is 0 Å². The molecule has 1 aliphatic heterocycles. The van der Waals surface area contributed by atoms with E-state index in [1.54, 1.807) is 11.3 Å². The molecule has 1 aliphatic rings. The average Bonchev–Trinajstić information content (AvgIpc) is 3.09. The molecule has 3 rings (SSSR count). The molecule has 2 heterocycles. The van der Waals surface area contributed by atoms with E-state index in [4.69, 9.17) is 0 Å². The highest BCUT2D eigenvalue weighted by Gasteiger charge is 2.20. The molecular formula is C19H25NOS. The van der Waals surface area contributed by atoms with Crippen molar-refractivity contribution in [2.45, 2.75) is 31.8 Å². The van der Waals surface area contributed by atoms with Crippen molar-refractivity contribution in [3.63, 3.8) is 0 Å². The number of aliphatic hydroxyl groups excluding tert-OH is 1. The molecule has 2 aromatic rings. The Labute approximate surface area is 137 Å². The summed E-state index contributed by atoms with van der Waals surface area (Å²) in [6, 6.07) is 14.9. The van der Waals surface area contributed by atoms with Crippen LogP contribution in [0.2, 0.25) is 0 Å². The van der Waals surface area contributed by atoms with Crippen molar-refractivity contribution in [1.82, 2.24) is 4.90 Å². The summed E-state index contributed by atoms with van der Waals surface area (Å²) in [6.07, 6.45) is 4.34. The first-order chi connectivity index (χ1) is 10.8. The highest BCUT2D eigenvalue weighted by Crippen LogP contribution is 2.25. The predicted octanol–water partition coefficient (Wildman–Crippen LogP) is 4.13. The van der Waals surface area contributed by atoms with Gasteiger partial charge in [0.2, 0.25) is 0 Å². The van der Waals surface area contributed by atoms with Gasteiger partial charge in [-0.1, -0.05) is 36.4 Å². The van der Waals surface area contributed by atoms with E-state index in [9.17, 15) is 5.11 Å². The van der Waals surface area contributed by atoms with Gasteiger partial charge in [-0.25, -0.2) is 0 Å². The van der Waals surface area contributed by atoms with Crippen LogP contribution >= 0.6 is 11.3 Å². The number of rotatable bonds is 6. The van der Waals surface area contributed by atoms with Crippen LogP contribution in [0.3, 0.4) is 0 Å². The quantitative estimate of drug-likeness (QED) is 0.866. The minimum Gasteiger partial charge on any atom is -0.388 e. The van der Waals surface area contributed by atoms with Gasteiger partial charge in [-0.15, -0.1) is 11.3 Å². The molecule has 2 nitrogen and oxygen atoms in total. The Hall–Kier alpha value is -1.16. The molecule has 3 heteroatoms. The van der Waals surface area contributed by atoms with E-state index in [0.29, 0.717) is 0 Å². The second-order valence-electron chi connectivity index (χ2n) is 6.29. The zero-order valence-electron chi connectivity index (χ0n) is 13.0. The van der Waals surface area contributed by atoms with Crippen LogP contribution in [-0.4, -0.2) is 29.6 Å². The zero-order chi connectivity index (χ0) is 15.2. The summed E-state index contributed by atoms with van der Waals surface area (Å²) in [5.41, 5.74) is 1.47. The fraction of sp³-hybridized carbons (Fsp3) is 0.474. The van der Waals surface area contributed by atoms with Crippen LogP contribution in [0.5, 0.6) is 0 Å². The Bertz CT molecular complexity index is 532. The van der Waals surface area contributed by atoms with Crippen molar-refractivity contribution in [2.75, 3.05) is 19.6 Å². The Morgan fingerprint density at radius 2 is 1.86 bits per heavy atom. The lowest BCUT2D eigenvalue weighted by molar-refractivity contribution is 0.125. The highest BCUT2D eigenvalue weighted by molar-refractivity contribution is 7.10. The van der Waals surface area contributed by atoms with E-state index in [0.717, 1.165) is 23.8 Å². The second kappa shape index (κ2) is 7.91. The fourth-order valence-corrected chi connectivity index (χ4v) is 4.04. The Morgan fingerprint density at radius 3 is 2.55 bits per heavy atom. The molecule has 118 valence electrons. The summed E-state index contributed by atoms with van der Waals surface area (Å²) in [5, 5.41) is 12.2. The minimum atomic E-state index is -0.290. The first kappa shape index (κ1) is 15.7. The van der Waals surface area contributed by atoms with Gasteiger partial charge < -0.3 is 10.0 Å². The van der Waals surface area contributed by atoms with Crippen LogP contribution in [0.1, 0.15) is 35.8 Å². The van der Waals surface area contributed by atoms with Gasteiger partial charge in [0.15, 0.2) is 0 Å². The molecule has 1 N–H and O–H groups in total. The van der Waals surface area contributed by atoms with Crippen LogP contribution in [0.25, 0.3) is 0 Å². The molecule has 1 unspecified atom stereocenters. The number of benzene rings is 1. The Morgan fingerprint density at radius 1 is 1.09 bits per heavy atom. The summed E-state index contributed by atoms with van der Waals surface area (Å²) >= 11 is 1.65. The SMILES string of the molecule is OC(CCN1CCC(Cc2ccccc2)CC1)c1cccs1. The number of nitrogens with zero attached hydrogens (tertiary/aromatic N) is 1. The monoisotopic (exact) mass is 315 g/mol. The molecule has 0 aliphatic carbocycles. The zero-order valence-corrected chi connectivity index (χ0v) is 13.8. The summed E-state index contributed by atoms with van der Waals surface area (Å²) < 4.78 is 0. The van der Waals surface area contributed by atoms with E-state index in [1.165, 1.54) is 37.9 Å². The number of likely N-dealkylation sites (tertiary alicyclic amines) is 1. The summed E-state index contributed by atoms with van der Waals surface area (Å²) in [5.74, 6) is 0.820. The van der Waals surface area contributed by atoms with Gasteiger partial charge in [0.25, 0.3) is 0 Å². The molecule has 0 amide bonds. The van der Waals surface area contributed by atoms with E-state index in [1.807, 2.05) is 17.5 Å². The van der Waals surface area contributed by atoms with E-state index >= 15 is 0 Å². The number of thiophene rings is 1. The first-order valence-electron chi connectivity index (χ1n) is 8.29. The molecule has 1 atom stereocenters. The average molecular weight is 315 g/mol. The third-order valence-electron chi connectivity index (χ3n) is 4.66. The lowest BCUT2D eigenvalue weighted by atomic mass is 9.90. The maximum atomic E-state index is 10.2. The van der Waals surface area contributed by atoms with Crippen molar-refractivity contribution in [2.24, 2.45) is 5.92 Å². The van der Waals surface area contributed by atoms with Gasteiger partial charge in [0, 0.05) is 11.4 Å². The molecule has 22 heavy (non-hydrogen) atoms. The maximum Gasteiger partial charge on any atom is 0.0894 e. The highest BCUT2D eigenvalue weighted by atomic mass is 32.1. The van der Waals surface area contributed by atoms with Crippen molar-refractivity contribution >= 4 is 11.3 Å². The number of hydrogen-bond donors (Lipinski definition) is 1. The van der Waals surface area contributed by atoms with Gasteiger partial charge in [-0.2, -0.15) is 0 Å². The largest absolute Gasteiger partial charge is 0.388 e. The molecule has 0 radical (unpaired) electrons. The molecule has 1 aromatic heterocycles. The van der Waals surface area contributed by atoms with Crippen molar-refractivity contribution in [3.05, 3.63) is 58.3 Å². The van der Waals surface area contributed by atoms with Crippen LogP contribution in [0.15, 0.2) is 47.8 Å². The standard InChI is InChI=1S/C19H25NOS/c21-18(19-7-4-14-22-19)10-13-20-11-8-17(9-12-20)15-16-5-2-1-3-6-16/h1-7,14,17-18,21H,8-13,15H2. The minimum absolute atomic E-state index is 0.290. The number of piperidine rings is 1. The molecule has 0 bridgehead atoms. The van der Waals surface area contributed by atoms with Crippen molar-refractivity contribution < 1.29 is 5.11 Å². The third kappa shape index (κ3) is 4.42. The molecule has 1 aromatic carbocycles. The first-order valence-corrected chi connectivity index (χ1v) is 9.17. The Kier molecular flexibility index (Phi) is 5.65. The molecule has 0 spiro atoms. The van der Waals surface area contributed by atoms with E-state index < -0.39 is 0 Å². The molecule has 1 fully saturated rings. The third-order valence-corrected chi connectivity index (χ3v) is 5.64. The lowest BCUT2D eigenvalue weighted by Crippen LogP contribution is -2.35. The number of aliphatic hydroxyl groups is 1. The lowest BCUT2D eigenvalue weighted by Gasteiger charge is -2.32.